The Hall–Kier alpha value is -2.73. The van der Waals surface area contributed by atoms with Crippen LogP contribution in [0, 0.1) is 5.82 Å². The summed E-state index contributed by atoms with van der Waals surface area (Å²) in [6, 6.07) is 15.8. The van der Waals surface area contributed by atoms with Crippen molar-refractivity contribution in [2.75, 3.05) is 0 Å². The molecule has 1 aliphatic carbocycles. The lowest BCUT2D eigenvalue weighted by Gasteiger charge is -2.11. The Morgan fingerprint density at radius 1 is 1.10 bits per heavy atom. The molecule has 0 amide bonds. The highest BCUT2D eigenvalue weighted by Crippen LogP contribution is 2.52. The van der Waals surface area contributed by atoms with Crippen LogP contribution in [-0.2, 0) is 23.5 Å². The maximum absolute atomic E-state index is 14.3. The molecule has 0 unspecified atom stereocenters. The summed E-state index contributed by atoms with van der Waals surface area (Å²) < 4.78 is 34.1. The van der Waals surface area contributed by atoms with Crippen molar-refractivity contribution in [1.82, 2.24) is 0 Å². The van der Waals surface area contributed by atoms with Gasteiger partial charge in [-0.1, -0.05) is 18.2 Å². The van der Waals surface area contributed by atoms with E-state index < -0.39 is 11.6 Å². The number of aryl methyl sites for hydroxylation is 1. The SMILES string of the molecule is O=C(O)CCCc1ccc(OCc2cc(F)ccc2-c2ccc(C3(F)CC3)s2)cc1. The molecule has 1 aromatic heterocycles. The summed E-state index contributed by atoms with van der Waals surface area (Å²) in [4.78, 5) is 12.2. The summed E-state index contributed by atoms with van der Waals surface area (Å²) in [6.45, 7) is 0.194. The molecule has 0 radical (unpaired) electrons. The largest absolute Gasteiger partial charge is 0.489 e. The fourth-order valence-corrected chi connectivity index (χ4v) is 4.56. The van der Waals surface area contributed by atoms with Crippen LogP contribution in [0.2, 0.25) is 0 Å². The van der Waals surface area contributed by atoms with Gasteiger partial charge in [-0.2, -0.15) is 0 Å². The third-order valence-electron chi connectivity index (χ3n) is 5.24. The maximum Gasteiger partial charge on any atom is 0.303 e. The molecule has 1 saturated carbocycles. The van der Waals surface area contributed by atoms with Crippen molar-refractivity contribution in [3.05, 3.63) is 76.4 Å². The number of hydrogen-bond donors (Lipinski definition) is 1. The Balaban J connectivity index is 1.44. The van der Waals surface area contributed by atoms with Crippen molar-refractivity contribution >= 4 is 17.3 Å². The van der Waals surface area contributed by atoms with Crippen molar-refractivity contribution in [2.45, 2.75) is 44.4 Å². The van der Waals surface area contributed by atoms with E-state index in [1.54, 1.807) is 6.07 Å². The zero-order chi connectivity index (χ0) is 21.1. The number of hydrogen-bond acceptors (Lipinski definition) is 3. The molecule has 0 saturated heterocycles. The quantitative estimate of drug-likeness (QED) is 0.423. The van der Waals surface area contributed by atoms with E-state index in [4.69, 9.17) is 9.84 Å². The second-order valence-electron chi connectivity index (χ2n) is 7.61. The Kier molecular flexibility index (Phi) is 5.86. The average Bonchev–Trinajstić information content (AvgIpc) is 3.27. The first-order valence-corrected chi connectivity index (χ1v) is 10.8. The van der Waals surface area contributed by atoms with E-state index in [0.29, 0.717) is 37.0 Å². The number of ether oxygens (including phenoxy) is 1. The maximum atomic E-state index is 14.3. The van der Waals surface area contributed by atoms with Crippen LogP contribution in [0.15, 0.2) is 54.6 Å². The molecular weight excluding hydrogens is 406 g/mol. The van der Waals surface area contributed by atoms with Gasteiger partial charge in [0.1, 0.15) is 23.8 Å². The number of halogens is 2. The van der Waals surface area contributed by atoms with E-state index in [-0.39, 0.29) is 18.8 Å². The number of thiophene rings is 1. The van der Waals surface area contributed by atoms with Gasteiger partial charge < -0.3 is 9.84 Å². The molecule has 3 aromatic rings. The molecule has 0 bridgehead atoms. The third kappa shape index (κ3) is 4.87. The Morgan fingerprint density at radius 2 is 1.87 bits per heavy atom. The van der Waals surface area contributed by atoms with Crippen LogP contribution < -0.4 is 4.74 Å². The summed E-state index contributed by atoms with van der Waals surface area (Å²) in [6.07, 6.45) is 2.56. The van der Waals surface area contributed by atoms with Crippen LogP contribution in [-0.4, -0.2) is 11.1 Å². The molecule has 1 fully saturated rings. The molecule has 6 heteroatoms. The second kappa shape index (κ2) is 8.56. The lowest BCUT2D eigenvalue weighted by molar-refractivity contribution is -0.137. The number of carboxylic acid groups (broad SMARTS) is 1. The van der Waals surface area contributed by atoms with Crippen molar-refractivity contribution in [3.63, 3.8) is 0 Å². The molecule has 1 aliphatic rings. The number of aliphatic carboxylic acids is 1. The number of rotatable bonds is 9. The van der Waals surface area contributed by atoms with Crippen LogP contribution in [0.3, 0.4) is 0 Å². The minimum Gasteiger partial charge on any atom is -0.489 e. The highest BCUT2D eigenvalue weighted by Gasteiger charge is 2.46. The van der Waals surface area contributed by atoms with Gasteiger partial charge in [-0.15, -0.1) is 11.3 Å². The van der Waals surface area contributed by atoms with Gasteiger partial charge >= 0.3 is 5.97 Å². The Bertz CT molecular complexity index is 1040. The van der Waals surface area contributed by atoms with Gasteiger partial charge in [0.05, 0.1) is 0 Å². The van der Waals surface area contributed by atoms with Gasteiger partial charge in [-0.3, -0.25) is 4.79 Å². The zero-order valence-electron chi connectivity index (χ0n) is 16.4. The monoisotopic (exact) mass is 428 g/mol. The van der Waals surface area contributed by atoms with Gasteiger partial charge in [0.15, 0.2) is 0 Å². The molecule has 30 heavy (non-hydrogen) atoms. The standard InChI is InChI=1S/C24H22F2O3S/c25-18-6-9-20(21-10-11-22(30-21)24(26)12-13-24)17(14-18)15-29-19-7-4-16(5-8-19)2-1-3-23(27)28/h4-11,14H,1-3,12-13,15H2,(H,27,28). The first-order valence-electron chi connectivity index (χ1n) is 9.94. The topological polar surface area (TPSA) is 46.5 Å². The summed E-state index contributed by atoms with van der Waals surface area (Å²) in [5.41, 5.74) is 1.42. The lowest BCUT2D eigenvalue weighted by atomic mass is 10.1. The van der Waals surface area contributed by atoms with E-state index in [9.17, 15) is 13.6 Å². The predicted octanol–water partition coefficient (Wildman–Crippen LogP) is 6.50. The highest BCUT2D eigenvalue weighted by molar-refractivity contribution is 7.15. The summed E-state index contributed by atoms with van der Waals surface area (Å²) in [7, 11) is 0. The number of benzene rings is 2. The van der Waals surface area contributed by atoms with Crippen molar-refractivity contribution in [3.8, 4) is 16.2 Å². The predicted molar refractivity (Wildman–Crippen MR) is 113 cm³/mol. The number of alkyl halides is 1. The van der Waals surface area contributed by atoms with E-state index >= 15 is 0 Å². The number of carboxylic acids is 1. The van der Waals surface area contributed by atoms with Gasteiger partial charge in [-0.25, -0.2) is 8.78 Å². The molecule has 0 aliphatic heterocycles. The van der Waals surface area contributed by atoms with Crippen molar-refractivity contribution in [1.29, 1.82) is 0 Å². The van der Waals surface area contributed by atoms with Crippen LogP contribution in [0.5, 0.6) is 5.75 Å². The normalized spacial score (nSPS) is 14.5. The Labute approximate surface area is 178 Å². The molecule has 156 valence electrons. The van der Waals surface area contributed by atoms with Gasteiger partial charge in [0, 0.05) is 21.7 Å². The minimum atomic E-state index is -1.17. The van der Waals surface area contributed by atoms with Crippen molar-refractivity contribution < 1.29 is 23.4 Å². The van der Waals surface area contributed by atoms with Crippen molar-refractivity contribution in [2.24, 2.45) is 0 Å². The first kappa shape index (κ1) is 20.5. The molecule has 0 spiro atoms. The highest BCUT2D eigenvalue weighted by atomic mass is 32.1. The fourth-order valence-electron chi connectivity index (χ4n) is 3.36. The van der Waals surface area contributed by atoms with Crippen LogP contribution in [0.25, 0.3) is 10.4 Å². The molecular formula is C24H22F2O3S. The second-order valence-corrected chi connectivity index (χ2v) is 8.69. The van der Waals surface area contributed by atoms with Gasteiger partial charge in [0.2, 0.25) is 0 Å². The third-order valence-corrected chi connectivity index (χ3v) is 6.54. The molecule has 0 atom stereocenters. The molecule has 2 aromatic carbocycles. The van der Waals surface area contributed by atoms with Gasteiger partial charge in [0.25, 0.3) is 0 Å². The van der Waals surface area contributed by atoms with E-state index in [0.717, 1.165) is 20.9 Å². The lowest BCUT2D eigenvalue weighted by Crippen LogP contribution is -1.99. The zero-order valence-corrected chi connectivity index (χ0v) is 17.2. The van der Waals surface area contributed by atoms with Gasteiger partial charge in [-0.05, 0) is 73.2 Å². The van der Waals surface area contributed by atoms with Crippen LogP contribution >= 0.6 is 11.3 Å². The average molecular weight is 429 g/mol. The Morgan fingerprint density at radius 3 is 2.57 bits per heavy atom. The minimum absolute atomic E-state index is 0.147. The summed E-state index contributed by atoms with van der Waals surface area (Å²) in [5, 5.41) is 8.72. The molecule has 1 N–H and O–H groups in total. The molecule has 1 heterocycles. The number of carbonyl (C=O) groups is 1. The van der Waals surface area contributed by atoms with E-state index in [1.165, 1.54) is 23.5 Å². The summed E-state index contributed by atoms with van der Waals surface area (Å²) in [5.74, 6) is -0.482. The van der Waals surface area contributed by atoms with Crippen LogP contribution in [0.1, 0.15) is 41.7 Å². The summed E-state index contributed by atoms with van der Waals surface area (Å²) >= 11 is 1.41. The molecule has 3 nitrogen and oxygen atoms in total. The smallest absolute Gasteiger partial charge is 0.303 e. The molecule has 4 rings (SSSR count). The van der Waals surface area contributed by atoms with E-state index in [1.807, 2.05) is 36.4 Å². The van der Waals surface area contributed by atoms with Crippen LogP contribution in [0.4, 0.5) is 8.78 Å². The fraction of sp³-hybridized carbons (Fsp3) is 0.292. The first-order chi connectivity index (χ1) is 14.4. The van der Waals surface area contributed by atoms with E-state index in [2.05, 4.69) is 0 Å².